The van der Waals surface area contributed by atoms with Crippen LogP contribution in [0.4, 0.5) is 0 Å². The van der Waals surface area contributed by atoms with E-state index < -0.39 is 10.0 Å². The van der Waals surface area contributed by atoms with Gasteiger partial charge in [0.1, 0.15) is 16.4 Å². The third kappa shape index (κ3) is 3.41. The van der Waals surface area contributed by atoms with Crippen molar-refractivity contribution in [3.63, 3.8) is 0 Å². The summed E-state index contributed by atoms with van der Waals surface area (Å²) in [5.74, 6) is 0.834. The number of benzene rings is 1. The predicted octanol–water partition coefficient (Wildman–Crippen LogP) is 0.734. The van der Waals surface area contributed by atoms with E-state index in [9.17, 15) is 8.42 Å². The summed E-state index contributed by atoms with van der Waals surface area (Å²) in [6, 6.07) is 4.58. The molecule has 0 spiro atoms. The van der Waals surface area contributed by atoms with Gasteiger partial charge in [-0.05, 0) is 31.5 Å². The Hall–Kier alpha value is -1.31. The molecule has 2 N–H and O–H groups in total. The van der Waals surface area contributed by atoms with Crippen LogP contribution in [0.2, 0.25) is 0 Å². The molecule has 0 aromatic heterocycles. The maximum atomic E-state index is 12.4. The molecule has 1 fully saturated rings. The van der Waals surface area contributed by atoms with Crippen molar-refractivity contribution in [2.45, 2.75) is 23.8 Å². The lowest BCUT2D eigenvalue weighted by atomic mass is 10.1. The second-order valence-electron chi connectivity index (χ2n) is 4.68. The molecule has 0 saturated carbocycles. The highest BCUT2D eigenvalue weighted by Crippen LogP contribution is 2.28. The van der Waals surface area contributed by atoms with Crippen molar-refractivity contribution >= 4 is 10.0 Å². The van der Waals surface area contributed by atoms with E-state index in [1.54, 1.807) is 12.1 Å². The second kappa shape index (κ2) is 6.43. The zero-order valence-electron chi connectivity index (χ0n) is 11.7. The van der Waals surface area contributed by atoms with Gasteiger partial charge in [0.05, 0.1) is 14.2 Å². The Kier molecular flexibility index (Phi) is 4.85. The molecule has 1 atom stereocenters. The van der Waals surface area contributed by atoms with E-state index in [-0.39, 0.29) is 16.7 Å². The highest BCUT2D eigenvalue weighted by atomic mass is 32.2. The van der Waals surface area contributed by atoms with Gasteiger partial charge in [0, 0.05) is 18.7 Å². The zero-order valence-corrected chi connectivity index (χ0v) is 12.5. The molecule has 1 aromatic rings. The Morgan fingerprint density at radius 2 is 2.10 bits per heavy atom. The smallest absolute Gasteiger partial charge is 0.244 e. The molecule has 7 heteroatoms. The predicted molar refractivity (Wildman–Crippen MR) is 75.8 cm³/mol. The Bertz CT molecular complexity index is 553. The van der Waals surface area contributed by atoms with Crippen LogP contribution in [0.15, 0.2) is 23.1 Å². The Balaban J connectivity index is 2.24. The van der Waals surface area contributed by atoms with Gasteiger partial charge < -0.3 is 14.8 Å². The fraction of sp³-hybridized carbons (Fsp3) is 0.538. The summed E-state index contributed by atoms with van der Waals surface area (Å²) in [4.78, 5) is 0.131. The fourth-order valence-corrected chi connectivity index (χ4v) is 3.65. The van der Waals surface area contributed by atoms with Crippen molar-refractivity contribution in [2.24, 2.45) is 0 Å². The first-order valence-corrected chi connectivity index (χ1v) is 8.00. The van der Waals surface area contributed by atoms with Crippen molar-refractivity contribution in [1.29, 1.82) is 0 Å². The molecule has 0 amide bonds. The number of hydrogen-bond donors (Lipinski definition) is 2. The van der Waals surface area contributed by atoms with Crippen LogP contribution in [0.1, 0.15) is 12.8 Å². The average Bonchev–Trinajstić information content (AvgIpc) is 2.47. The molecule has 1 aliphatic rings. The molecular weight excluding hydrogens is 280 g/mol. The van der Waals surface area contributed by atoms with Gasteiger partial charge in [-0.1, -0.05) is 0 Å². The maximum absolute atomic E-state index is 12.4. The number of rotatable bonds is 5. The summed E-state index contributed by atoms with van der Waals surface area (Å²) in [5.41, 5.74) is 0. The van der Waals surface area contributed by atoms with Crippen molar-refractivity contribution < 1.29 is 17.9 Å². The SMILES string of the molecule is COc1ccc(S(=O)(=O)N[C@@H]2CCCNC2)c(OC)c1. The molecular formula is C13H20N2O4S. The summed E-state index contributed by atoms with van der Waals surface area (Å²) < 4.78 is 37.8. The van der Waals surface area contributed by atoms with Crippen molar-refractivity contribution in [1.82, 2.24) is 10.0 Å². The summed E-state index contributed by atoms with van der Waals surface area (Å²) in [5, 5.41) is 3.18. The minimum Gasteiger partial charge on any atom is -0.497 e. The monoisotopic (exact) mass is 300 g/mol. The molecule has 1 aliphatic heterocycles. The molecule has 1 aromatic carbocycles. The van der Waals surface area contributed by atoms with Crippen LogP contribution in [-0.2, 0) is 10.0 Å². The third-order valence-corrected chi connectivity index (χ3v) is 4.84. The van der Waals surface area contributed by atoms with Gasteiger partial charge >= 0.3 is 0 Å². The number of sulfonamides is 1. The molecule has 0 unspecified atom stereocenters. The van der Waals surface area contributed by atoms with E-state index in [4.69, 9.17) is 9.47 Å². The van der Waals surface area contributed by atoms with Gasteiger partial charge in [-0.2, -0.15) is 0 Å². The molecule has 0 aliphatic carbocycles. The molecule has 1 saturated heterocycles. The van der Waals surface area contributed by atoms with Crippen molar-refractivity contribution in [2.75, 3.05) is 27.3 Å². The maximum Gasteiger partial charge on any atom is 0.244 e. The van der Waals surface area contributed by atoms with Crippen LogP contribution in [0.3, 0.4) is 0 Å². The van der Waals surface area contributed by atoms with E-state index in [2.05, 4.69) is 10.0 Å². The Labute approximate surface area is 119 Å². The molecule has 20 heavy (non-hydrogen) atoms. The van der Waals surface area contributed by atoms with E-state index >= 15 is 0 Å². The Morgan fingerprint density at radius 1 is 1.30 bits per heavy atom. The van der Waals surface area contributed by atoms with Crippen LogP contribution in [-0.4, -0.2) is 41.8 Å². The van der Waals surface area contributed by atoms with Crippen molar-refractivity contribution in [3.05, 3.63) is 18.2 Å². The average molecular weight is 300 g/mol. The quantitative estimate of drug-likeness (QED) is 0.838. The van der Waals surface area contributed by atoms with Gasteiger partial charge in [0.15, 0.2) is 0 Å². The van der Waals surface area contributed by atoms with Crippen LogP contribution in [0.25, 0.3) is 0 Å². The summed E-state index contributed by atoms with van der Waals surface area (Å²) in [6.45, 7) is 1.59. The van der Waals surface area contributed by atoms with Gasteiger partial charge in [-0.15, -0.1) is 0 Å². The highest BCUT2D eigenvalue weighted by molar-refractivity contribution is 7.89. The van der Waals surface area contributed by atoms with Crippen LogP contribution in [0, 0.1) is 0 Å². The van der Waals surface area contributed by atoms with E-state index in [1.807, 2.05) is 0 Å². The van der Waals surface area contributed by atoms with E-state index in [0.717, 1.165) is 19.4 Å². The molecule has 1 heterocycles. The molecule has 0 radical (unpaired) electrons. The van der Waals surface area contributed by atoms with Gasteiger partial charge in [0.25, 0.3) is 0 Å². The molecule has 6 nitrogen and oxygen atoms in total. The molecule has 2 rings (SSSR count). The minimum absolute atomic E-state index is 0.0828. The standard InChI is InChI=1S/C13H20N2O4S/c1-18-11-5-6-13(12(8-11)19-2)20(16,17)15-10-4-3-7-14-9-10/h5-6,8,10,14-15H,3-4,7,9H2,1-2H3/t10-/m1/s1. The van der Waals surface area contributed by atoms with Crippen LogP contribution < -0.4 is 19.5 Å². The number of hydrogen-bond acceptors (Lipinski definition) is 5. The first-order chi connectivity index (χ1) is 9.56. The first-order valence-electron chi connectivity index (χ1n) is 6.52. The molecule has 0 bridgehead atoms. The lowest BCUT2D eigenvalue weighted by Gasteiger charge is -2.24. The lowest BCUT2D eigenvalue weighted by molar-refractivity contribution is 0.384. The third-order valence-electron chi connectivity index (χ3n) is 3.28. The fourth-order valence-electron chi connectivity index (χ4n) is 2.23. The number of nitrogens with one attached hydrogen (secondary N) is 2. The normalized spacial score (nSPS) is 19.6. The number of ether oxygens (including phenoxy) is 2. The second-order valence-corrected chi connectivity index (χ2v) is 6.36. The topological polar surface area (TPSA) is 76.7 Å². The first kappa shape index (κ1) is 15.1. The number of piperidine rings is 1. The van der Waals surface area contributed by atoms with Crippen LogP contribution in [0.5, 0.6) is 11.5 Å². The summed E-state index contributed by atoms with van der Waals surface area (Å²) in [7, 11) is -0.635. The van der Waals surface area contributed by atoms with E-state index in [0.29, 0.717) is 12.3 Å². The Morgan fingerprint density at radius 3 is 2.70 bits per heavy atom. The summed E-state index contributed by atoms with van der Waals surface area (Å²) in [6.07, 6.45) is 1.80. The zero-order chi connectivity index (χ0) is 14.6. The highest BCUT2D eigenvalue weighted by Gasteiger charge is 2.24. The van der Waals surface area contributed by atoms with Crippen LogP contribution >= 0.6 is 0 Å². The van der Waals surface area contributed by atoms with E-state index in [1.165, 1.54) is 20.3 Å². The molecule has 112 valence electrons. The largest absolute Gasteiger partial charge is 0.497 e. The minimum atomic E-state index is -3.60. The number of methoxy groups -OCH3 is 2. The van der Waals surface area contributed by atoms with Gasteiger partial charge in [0.2, 0.25) is 10.0 Å². The lowest BCUT2D eigenvalue weighted by Crippen LogP contribution is -2.45. The van der Waals surface area contributed by atoms with Gasteiger partial charge in [-0.25, -0.2) is 13.1 Å². The summed E-state index contributed by atoms with van der Waals surface area (Å²) >= 11 is 0. The van der Waals surface area contributed by atoms with Gasteiger partial charge in [-0.3, -0.25) is 0 Å². The van der Waals surface area contributed by atoms with Crippen molar-refractivity contribution in [3.8, 4) is 11.5 Å².